The highest BCUT2D eigenvalue weighted by Gasteiger charge is 2.27. The Kier molecular flexibility index (Phi) is 5.09. The van der Waals surface area contributed by atoms with Crippen molar-refractivity contribution in [3.05, 3.63) is 0 Å². The predicted octanol–water partition coefficient (Wildman–Crippen LogP) is 1.80. The van der Waals surface area contributed by atoms with Crippen LogP contribution in [0.5, 0.6) is 0 Å². The van der Waals surface area contributed by atoms with E-state index < -0.39 is 0 Å². The Hall–Kier alpha value is -0.570. The van der Waals surface area contributed by atoms with Crippen LogP contribution in [0.15, 0.2) is 0 Å². The van der Waals surface area contributed by atoms with Gasteiger partial charge in [0.15, 0.2) is 0 Å². The maximum absolute atomic E-state index is 11.9. The Morgan fingerprint density at radius 3 is 2.80 bits per heavy atom. The van der Waals surface area contributed by atoms with Gasteiger partial charge in [-0.1, -0.05) is 20.3 Å². The largest absolute Gasteiger partial charge is 0.396 e. The molecule has 3 nitrogen and oxygen atoms in total. The number of hydrogen-bond donors (Lipinski definition) is 1. The smallest absolute Gasteiger partial charge is 0.222 e. The molecule has 0 bridgehead atoms. The van der Waals surface area contributed by atoms with Crippen LogP contribution < -0.4 is 0 Å². The molecule has 0 aromatic rings. The summed E-state index contributed by atoms with van der Waals surface area (Å²) in [6, 6.07) is 0.381. The fourth-order valence-corrected chi connectivity index (χ4v) is 2.34. The van der Waals surface area contributed by atoms with E-state index in [1.807, 2.05) is 4.90 Å². The number of aliphatic hydroxyl groups excluding tert-OH is 1. The first-order chi connectivity index (χ1) is 7.16. The lowest BCUT2D eigenvalue weighted by atomic mass is 9.98. The van der Waals surface area contributed by atoms with E-state index in [1.54, 1.807) is 0 Å². The Morgan fingerprint density at radius 1 is 1.47 bits per heavy atom. The topological polar surface area (TPSA) is 40.5 Å². The summed E-state index contributed by atoms with van der Waals surface area (Å²) in [6.07, 6.45) is 4.69. The van der Waals surface area contributed by atoms with Gasteiger partial charge in [-0.05, 0) is 25.2 Å². The number of likely N-dealkylation sites (tertiary alicyclic amines) is 1. The van der Waals surface area contributed by atoms with Crippen molar-refractivity contribution in [3.8, 4) is 0 Å². The monoisotopic (exact) mass is 213 g/mol. The molecule has 1 aliphatic rings. The van der Waals surface area contributed by atoms with E-state index in [1.165, 1.54) is 0 Å². The minimum atomic E-state index is 0.175. The summed E-state index contributed by atoms with van der Waals surface area (Å²) >= 11 is 0. The van der Waals surface area contributed by atoms with Gasteiger partial charge in [0.2, 0.25) is 5.91 Å². The second kappa shape index (κ2) is 6.11. The van der Waals surface area contributed by atoms with Gasteiger partial charge >= 0.3 is 0 Å². The maximum atomic E-state index is 11.9. The molecule has 1 aliphatic heterocycles. The van der Waals surface area contributed by atoms with Crippen LogP contribution >= 0.6 is 0 Å². The van der Waals surface area contributed by atoms with Crippen molar-refractivity contribution in [2.75, 3.05) is 13.2 Å². The fourth-order valence-electron chi connectivity index (χ4n) is 2.34. The summed E-state index contributed by atoms with van der Waals surface area (Å²) < 4.78 is 0. The second-order valence-corrected chi connectivity index (χ2v) is 4.72. The Labute approximate surface area is 92.5 Å². The number of aliphatic hydroxyl groups is 1. The van der Waals surface area contributed by atoms with Crippen LogP contribution in [0.1, 0.15) is 46.0 Å². The molecule has 1 N–H and O–H groups in total. The maximum Gasteiger partial charge on any atom is 0.222 e. The molecule has 1 unspecified atom stereocenters. The highest BCUT2D eigenvalue weighted by atomic mass is 16.3. The molecule has 0 radical (unpaired) electrons. The van der Waals surface area contributed by atoms with E-state index >= 15 is 0 Å². The number of amides is 1. The zero-order valence-electron chi connectivity index (χ0n) is 9.91. The quantitative estimate of drug-likeness (QED) is 0.773. The van der Waals surface area contributed by atoms with E-state index in [0.29, 0.717) is 24.8 Å². The Morgan fingerprint density at radius 2 is 2.20 bits per heavy atom. The van der Waals surface area contributed by atoms with Crippen LogP contribution in [-0.2, 0) is 4.79 Å². The van der Waals surface area contributed by atoms with E-state index in [4.69, 9.17) is 5.11 Å². The van der Waals surface area contributed by atoms with E-state index in [-0.39, 0.29) is 12.5 Å². The number of rotatable bonds is 4. The molecule has 0 aromatic heterocycles. The van der Waals surface area contributed by atoms with Crippen molar-refractivity contribution >= 4 is 5.91 Å². The van der Waals surface area contributed by atoms with Gasteiger partial charge < -0.3 is 10.0 Å². The lowest BCUT2D eigenvalue weighted by Gasteiger charge is -2.33. The molecular weight excluding hydrogens is 190 g/mol. The van der Waals surface area contributed by atoms with Crippen LogP contribution in [0, 0.1) is 5.92 Å². The normalized spacial score (nSPS) is 23.3. The molecule has 0 spiro atoms. The fraction of sp³-hybridized carbons (Fsp3) is 0.917. The molecule has 3 heteroatoms. The van der Waals surface area contributed by atoms with Crippen LogP contribution in [0.25, 0.3) is 0 Å². The van der Waals surface area contributed by atoms with E-state index in [9.17, 15) is 4.79 Å². The summed E-state index contributed by atoms with van der Waals surface area (Å²) in [7, 11) is 0. The zero-order chi connectivity index (χ0) is 11.3. The van der Waals surface area contributed by atoms with Gasteiger partial charge in [0.25, 0.3) is 0 Å². The molecule has 1 amide bonds. The van der Waals surface area contributed by atoms with Gasteiger partial charge in [-0.3, -0.25) is 4.79 Å². The molecule has 1 atom stereocenters. The van der Waals surface area contributed by atoms with Gasteiger partial charge in [-0.15, -0.1) is 0 Å². The molecule has 1 rings (SSSR count). The summed E-state index contributed by atoms with van der Waals surface area (Å²) in [4.78, 5) is 13.9. The first-order valence-electron chi connectivity index (χ1n) is 6.07. The summed E-state index contributed by atoms with van der Waals surface area (Å²) in [6.45, 7) is 5.25. The lowest BCUT2D eigenvalue weighted by Crippen LogP contribution is -2.42. The second-order valence-electron chi connectivity index (χ2n) is 4.72. The number of carbonyl (C=O) groups is 1. The average molecular weight is 213 g/mol. The van der Waals surface area contributed by atoms with Crippen LogP contribution in [0.3, 0.4) is 0 Å². The summed E-state index contributed by atoms with van der Waals surface area (Å²) in [5.74, 6) is 0.797. The molecule has 1 saturated heterocycles. The standard InChI is InChI=1S/C12H23NO2/c1-10(2)11-6-3-4-7-12(15)13(11)8-5-9-14/h10-11,14H,3-9H2,1-2H3. The summed E-state index contributed by atoms with van der Waals surface area (Å²) in [5, 5.41) is 8.84. The van der Waals surface area contributed by atoms with Crippen molar-refractivity contribution in [2.45, 2.75) is 52.0 Å². The van der Waals surface area contributed by atoms with Crippen molar-refractivity contribution in [2.24, 2.45) is 5.92 Å². The van der Waals surface area contributed by atoms with Gasteiger partial charge in [0.05, 0.1) is 0 Å². The first-order valence-corrected chi connectivity index (χ1v) is 6.07. The molecule has 15 heavy (non-hydrogen) atoms. The van der Waals surface area contributed by atoms with Gasteiger partial charge in [0.1, 0.15) is 0 Å². The van der Waals surface area contributed by atoms with E-state index in [0.717, 1.165) is 25.8 Å². The average Bonchev–Trinajstić information content (AvgIpc) is 2.37. The summed E-state index contributed by atoms with van der Waals surface area (Å²) in [5.41, 5.74) is 0. The third-order valence-corrected chi connectivity index (χ3v) is 3.19. The van der Waals surface area contributed by atoms with Crippen LogP contribution in [0.4, 0.5) is 0 Å². The van der Waals surface area contributed by atoms with Crippen LogP contribution in [-0.4, -0.2) is 35.1 Å². The van der Waals surface area contributed by atoms with Gasteiger partial charge in [-0.25, -0.2) is 0 Å². The number of hydrogen-bond acceptors (Lipinski definition) is 2. The molecule has 1 heterocycles. The van der Waals surface area contributed by atoms with Crippen molar-refractivity contribution in [1.29, 1.82) is 0 Å². The van der Waals surface area contributed by atoms with Crippen LogP contribution in [0.2, 0.25) is 0 Å². The predicted molar refractivity (Wildman–Crippen MR) is 60.5 cm³/mol. The Bertz CT molecular complexity index is 204. The third kappa shape index (κ3) is 3.49. The molecule has 88 valence electrons. The third-order valence-electron chi connectivity index (χ3n) is 3.19. The van der Waals surface area contributed by atoms with Crippen molar-refractivity contribution in [1.82, 2.24) is 4.90 Å². The Balaban J connectivity index is 2.65. The number of nitrogens with zero attached hydrogens (tertiary/aromatic N) is 1. The van der Waals surface area contributed by atoms with Gasteiger partial charge in [0, 0.05) is 25.6 Å². The molecule has 1 fully saturated rings. The number of carbonyl (C=O) groups excluding carboxylic acids is 1. The SMILES string of the molecule is CC(C)C1CCCCC(=O)N1CCCO. The zero-order valence-corrected chi connectivity index (χ0v) is 9.91. The van der Waals surface area contributed by atoms with Crippen molar-refractivity contribution < 1.29 is 9.90 Å². The lowest BCUT2D eigenvalue weighted by molar-refractivity contribution is -0.133. The molecule has 0 aromatic carbocycles. The van der Waals surface area contributed by atoms with Crippen molar-refractivity contribution in [3.63, 3.8) is 0 Å². The van der Waals surface area contributed by atoms with E-state index in [2.05, 4.69) is 13.8 Å². The first kappa shape index (κ1) is 12.5. The minimum Gasteiger partial charge on any atom is -0.396 e. The van der Waals surface area contributed by atoms with Gasteiger partial charge in [-0.2, -0.15) is 0 Å². The molecule has 0 aliphatic carbocycles. The minimum absolute atomic E-state index is 0.175. The highest BCUT2D eigenvalue weighted by molar-refractivity contribution is 5.76. The molecular formula is C12H23NO2. The molecule has 0 saturated carbocycles. The highest BCUT2D eigenvalue weighted by Crippen LogP contribution is 2.23.